The van der Waals surface area contributed by atoms with Gasteiger partial charge in [-0.05, 0) is 38.0 Å². The molecule has 0 spiro atoms. The van der Waals surface area contributed by atoms with Crippen LogP contribution in [-0.4, -0.2) is 24.5 Å². The summed E-state index contributed by atoms with van der Waals surface area (Å²) in [7, 11) is 0. The summed E-state index contributed by atoms with van der Waals surface area (Å²) >= 11 is 0. The molecule has 0 bridgehead atoms. The summed E-state index contributed by atoms with van der Waals surface area (Å²) in [5.41, 5.74) is 0. The van der Waals surface area contributed by atoms with Gasteiger partial charge in [0, 0.05) is 12.6 Å². The van der Waals surface area contributed by atoms with Gasteiger partial charge in [-0.25, -0.2) is 0 Å². The molecule has 3 nitrogen and oxygen atoms in total. The van der Waals surface area contributed by atoms with Gasteiger partial charge in [-0.15, -0.1) is 6.58 Å². The second-order valence-electron chi connectivity index (χ2n) is 5.32. The van der Waals surface area contributed by atoms with Crippen molar-refractivity contribution in [2.24, 2.45) is 5.92 Å². The van der Waals surface area contributed by atoms with Crippen LogP contribution in [0, 0.1) is 5.92 Å². The van der Waals surface area contributed by atoms with Crippen LogP contribution in [0.25, 0.3) is 0 Å². The van der Waals surface area contributed by atoms with E-state index < -0.39 is 0 Å². The Morgan fingerprint density at radius 2 is 2.12 bits per heavy atom. The third-order valence-electron chi connectivity index (χ3n) is 4.11. The number of carbonyl (C=O) groups is 1. The third kappa shape index (κ3) is 3.32. The Bertz CT molecular complexity index is 277. The van der Waals surface area contributed by atoms with Crippen LogP contribution >= 0.6 is 0 Å². The molecule has 96 valence electrons. The van der Waals surface area contributed by atoms with Crippen LogP contribution in [0.5, 0.6) is 0 Å². The summed E-state index contributed by atoms with van der Waals surface area (Å²) in [5, 5.41) is 6.52. The van der Waals surface area contributed by atoms with Crippen LogP contribution in [0.2, 0.25) is 0 Å². The molecular weight excluding hydrogens is 212 g/mol. The lowest BCUT2D eigenvalue weighted by atomic mass is 9.77. The van der Waals surface area contributed by atoms with E-state index in [0.29, 0.717) is 12.6 Å². The number of hydrogen-bond donors (Lipinski definition) is 2. The number of carbonyl (C=O) groups excluding carboxylic acids is 1. The van der Waals surface area contributed by atoms with Crippen molar-refractivity contribution < 1.29 is 4.79 Å². The highest BCUT2D eigenvalue weighted by molar-refractivity contribution is 5.81. The summed E-state index contributed by atoms with van der Waals surface area (Å²) in [4.78, 5) is 11.9. The molecule has 2 fully saturated rings. The Morgan fingerprint density at radius 1 is 1.29 bits per heavy atom. The van der Waals surface area contributed by atoms with E-state index in [2.05, 4.69) is 17.2 Å². The first-order valence-electron chi connectivity index (χ1n) is 6.96. The molecule has 17 heavy (non-hydrogen) atoms. The van der Waals surface area contributed by atoms with E-state index in [1.807, 2.05) is 6.08 Å². The van der Waals surface area contributed by atoms with Gasteiger partial charge in [-0.3, -0.25) is 4.79 Å². The quantitative estimate of drug-likeness (QED) is 0.579. The largest absolute Gasteiger partial charge is 0.354 e. The molecule has 0 radical (unpaired) electrons. The molecular formula is C14H24N2O. The molecule has 2 aliphatic rings. The third-order valence-corrected chi connectivity index (χ3v) is 4.11. The molecule has 0 aromatic heterocycles. The topological polar surface area (TPSA) is 41.1 Å². The van der Waals surface area contributed by atoms with Gasteiger partial charge in [0.1, 0.15) is 0 Å². The van der Waals surface area contributed by atoms with Crippen molar-refractivity contribution in [2.75, 3.05) is 6.54 Å². The van der Waals surface area contributed by atoms with Crippen LogP contribution < -0.4 is 10.6 Å². The van der Waals surface area contributed by atoms with E-state index >= 15 is 0 Å². The van der Waals surface area contributed by atoms with Crippen molar-refractivity contribution in [3.05, 3.63) is 12.7 Å². The van der Waals surface area contributed by atoms with Gasteiger partial charge >= 0.3 is 0 Å². The highest BCUT2D eigenvalue weighted by atomic mass is 16.2. The molecule has 1 aliphatic heterocycles. The number of fused-ring (bicyclic) bond motifs is 1. The van der Waals surface area contributed by atoms with Crippen molar-refractivity contribution >= 4 is 5.91 Å². The molecule has 1 heterocycles. The normalized spacial score (nSPS) is 32.6. The van der Waals surface area contributed by atoms with Crippen molar-refractivity contribution in [2.45, 2.75) is 57.0 Å². The van der Waals surface area contributed by atoms with E-state index in [1.165, 1.54) is 32.1 Å². The van der Waals surface area contributed by atoms with Gasteiger partial charge in [-0.1, -0.05) is 18.9 Å². The Hall–Kier alpha value is -0.830. The van der Waals surface area contributed by atoms with E-state index in [0.717, 1.165) is 18.8 Å². The Balaban J connectivity index is 1.78. The van der Waals surface area contributed by atoms with Crippen molar-refractivity contribution in [3.8, 4) is 0 Å². The van der Waals surface area contributed by atoms with E-state index in [1.54, 1.807) is 0 Å². The predicted octanol–water partition coefficient (Wildman–Crippen LogP) is 1.99. The minimum absolute atomic E-state index is 0.0409. The number of nitrogens with one attached hydrogen (secondary N) is 2. The average Bonchev–Trinajstić information content (AvgIpc) is 2.38. The zero-order valence-corrected chi connectivity index (χ0v) is 10.6. The molecule has 0 aromatic rings. The molecule has 1 amide bonds. The second kappa shape index (κ2) is 6.20. The average molecular weight is 236 g/mol. The maximum Gasteiger partial charge on any atom is 0.237 e. The SMILES string of the molecule is C=CCCNC(=O)C1CCC2CCCCC2N1. The lowest BCUT2D eigenvalue weighted by Crippen LogP contribution is -2.55. The van der Waals surface area contributed by atoms with Crippen molar-refractivity contribution in [3.63, 3.8) is 0 Å². The van der Waals surface area contributed by atoms with Crippen LogP contribution in [0.1, 0.15) is 44.9 Å². The first-order valence-corrected chi connectivity index (χ1v) is 6.96. The molecule has 1 saturated carbocycles. The Labute approximate surface area is 104 Å². The molecule has 1 saturated heterocycles. The zero-order valence-electron chi connectivity index (χ0n) is 10.6. The highest BCUT2D eigenvalue weighted by Gasteiger charge is 2.34. The van der Waals surface area contributed by atoms with Crippen LogP contribution in [0.4, 0.5) is 0 Å². The van der Waals surface area contributed by atoms with E-state index in [4.69, 9.17) is 0 Å². The number of rotatable bonds is 4. The smallest absolute Gasteiger partial charge is 0.237 e. The summed E-state index contributed by atoms with van der Waals surface area (Å²) in [6.45, 7) is 4.37. The number of hydrogen-bond acceptors (Lipinski definition) is 2. The van der Waals surface area contributed by atoms with Crippen LogP contribution in [0.15, 0.2) is 12.7 Å². The fraction of sp³-hybridized carbons (Fsp3) is 0.786. The minimum Gasteiger partial charge on any atom is -0.354 e. The molecule has 3 unspecified atom stereocenters. The molecule has 3 heteroatoms. The Kier molecular flexibility index (Phi) is 4.60. The first-order chi connectivity index (χ1) is 8.31. The zero-order chi connectivity index (χ0) is 12.1. The fourth-order valence-corrected chi connectivity index (χ4v) is 3.12. The number of amides is 1. The number of piperidine rings is 1. The first kappa shape index (κ1) is 12.6. The van der Waals surface area contributed by atoms with Gasteiger partial charge in [0.25, 0.3) is 0 Å². The van der Waals surface area contributed by atoms with Crippen LogP contribution in [-0.2, 0) is 4.79 Å². The van der Waals surface area contributed by atoms with Gasteiger partial charge in [-0.2, -0.15) is 0 Å². The van der Waals surface area contributed by atoms with E-state index in [-0.39, 0.29) is 11.9 Å². The second-order valence-corrected chi connectivity index (χ2v) is 5.32. The van der Waals surface area contributed by atoms with Gasteiger partial charge in [0.2, 0.25) is 5.91 Å². The van der Waals surface area contributed by atoms with Crippen molar-refractivity contribution in [1.82, 2.24) is 10.6 Å². The standard InChI is InChI=1S/C14H24N2O/c1-2-3-10-15-14(17)13-9-8-11-6-4-5-7-12(11)16-13/h2,11-13,16H,1,3-10H2,(H,15,17). The van der Waals surface area contributed by atoms with Gasteiger partial charge < -0.3 is 10.6 Å². The highest BCUT2D eigenvalue weighted by Crippen LogP contribution is 2.32. The summed E-state index contributed by atoms with van der Waals surface area (Å²) in [6, 6.07) is 0.631. The summed E-state index contributed by atoms with van der Waals surface area (Å²) < 4.78 is 0. The van der Waals surface area contributed by atoms with Gasteiger partial charge in [0.05, 0.1) is 6.04 Å². The lowest BCUT2D eigenvalue weighted by Gasteiger charge is -2.39. The molecule has 2 N–H and O–H groups in total. The summed E-state index contributed by atoms with van der Waals surface area (Å²) in [6.07, 6.45) is 10.2. The Morgan fingerprint density at radius 3 is 2.94 bits per heavy atom. The maximum atomic E-state index is 11.9. The van der Waals surface area contributed by atoms with Crippen molar-refractivity contribution in [1.29, 1.82) is 0 Å². The molecule has 3 atom stereocenters. The molecule has 1 aliphatic carbocycles. The van der Waals surface area contributed by atoms with Crippen LogP contribution in [0.3, 0.4) is 0 Å². The summed E-state index contributed by atoms with van der Waals surface area (Å²) in [5.74, 6) is 0.997. The fourth-order valence-electron chi connectivity index (χ4n) is 3.12. The van der Waals surface area contributed by atoms with Gasteiger partial charge in [0.15, 0.2) is 0 Å². The lowest BCUT2D eigenvalue weighted by molar-refractivity contribution is -0.124. The molecule has 0 aromatic carbocycles. The molecule has 2 rings (SSSR count). The predicted molar refractivity (Wildman–Crippen MR) is 69.7 cm³/mol. The minimum atomic E-state index is 0.0409. The van der Waals surface area contributed by atoms with E-state index in [9.17, 15) is 4.79 Å². The maximum absolute atomic E-state index is 11.9. The monoisotopic (exact) mass is 236 g/mol.